The number of rotatable bonds is 2. The molecule has 18 heavy (non-hydrogen) atoms. The van der Waals surface area contributed by atoms with E-state index in [1.165, 1.54) is 11.4 Å². The Hall–Kier alpha value is -1.57. The zero-order valence-corrected chi connectivity index (χ0v) is 11.1. The molecule has 7 heteroatoms. The first kappa shape index (κ1) is 14.5. The SMILES string of the molecule is C=CN1CN(C)c2ccccc21.COS(=O)(=O)O. The maximum Gasteiger partial charge on any atom is 0.397 e. The molecule has 1 aromatic rings. The van der Waals surface area contributed by atoms with Gasteiger partial charge in [0, 0.05) is 7.05 Å². The van der Waals surface area contributed by atoms with E-state index in [4.69, 9.17) is 4.55 Å². The lowest BCUT2D eigenvalue weighted by atomic mass is 10.2. The first-order valence-corrected chi connectivity index (χ1v) is 6.48. The van der Waals surface area contributed by atoms with Crippen LogP contribution < -0.4 is 9.80 Å². The second-order valence-corrected chi connectivity index (χ2v) is 4.76. The Bertz CT molecular complexity index is 516. The van der Waals surface area contributed by atoms with Gasteiger partial charge in [0.15, 0.2) is 0 Å². The third kappa shape index (κ3) is 3.73. The van der Waals surface area contributed by atoms with Crippen molar-refractivity contribution in [3.05, 3.63) is 37.0 Å². The maximum atomic E-state index is 9.33. The minimum absolute atomic E-state index is 0.870. The van der Waals surface area contributed by atoms with Crippen LogP contribution in [0.2, 0.25) is 0 Å². The molecule has 1 heterocycles. The Morgan fingerprint density at radius 2 is 1.89 bits per heavy atom. The van der Waals surface area contributed by atoms with Gasteiger partial charge in [-0.25, -0.2) is 0 Å². The fourth-order valence-corrected chi connectivity index (χ4v) is 1.57. The summed E-state index contributed by atoms with van der Waals surface area (Å²) in [5.74, 6) is 0. The van der Waals surface area contributed by atoms with Crippen molar-refractivity contribution in [2.75, 3.05) is 30.6 Å². The van der Waals surface area contributed by atoms with E-state index in [9.17, 15) is 8.42 Å². The summed E-state index contributed by atoms with van der Waals surface area (Å²) in [6.45, 7) is 4.68. The molecule has 0 saturated carbocycles. The number of nitrogens with zero attached hydrogens (tertiary/aromatic N) is 2. The van der Waals surface area contributed by atoms with Crippen molar-refractivity contribution >= 4 is 21.8 Å². The van der Waals surface area contributed by atoms with Crippen molar-refractivity contribution in [2.24, 2.45) is 0 Å². The lowest BCUT2D eigenvalue weighted by Crippen LogP contribution is -2.22. The van der Waals surface area contributed by atoms with Gasteiger partial charge in [0.05, 0.1) is 25.2 Å². The smallest absolute Gasteiger partial charge is 0.355 e. The zero-order valence-electron chi connectivity index (χ0n) is 10.3. The van der Waals surface area contributed by atoms with E-state index < -0.39 is 10.4 Å². The lowest BCUT2D eigenvalue weighted by molar-refractivity contribution is 0.324. The van der Waals surface area contributed by atoms with Crippen LogP contribution in [0.1, 0.15) is 0 Å². The molecule has 0 fully saturated rings. The Kier molecular flexibility index (Phi) is 4.71. The average Bonchev–Trinajstić information content (AvgIpc) is 2.67. The molecule has 0 saturated heterocycles. The molecular weight excluding hydrogens is 256 g/mol. The van der Waals surface area contributed by atoms with Crippen LogP contribution >= 0.6 is 0 Å². The van der Waals surface area contributed by atoms with Crippen LogP contribution in [0.3, 0.4) is 0 Å². The van der Waals surface area contributed by atoms with Gasteiger partial charge >= 0.3 is 10.4 Å². The third-order valence-corrected chi connectivity index (χ3v) is 2.82. The number of para-hydroxylation sites is 2. The first-order chi connectivity index (χ1) is 8.39. The molecule has 1 aliphatic rings. The summed E-state index contributed by atoms with van der Waals surface area (Å²) in [5.41, 5.74) is 2.52. The van der Waals surface area contributed by atoms with Gasteiger partial charge in [-0.1, -0.05) is 18.7 Å². The van der Waals surface area contributed by atoms with E-state index in [0.717, 1.165) is 13.8 Å². The molecule has 0 amide bonds. The zero-order chi connectivity index (χ0) is 13.8. The number of fused-ring (bicyclic) bond motifs is 1. The third-order valence-electron chi connectivity index (χ3n) is 2.40. The van der Waals surface area contributed by atoms with Crippen LogP contribution in [0, 0.1) is 0 Å². The van der Waals surface area contributed by atoms with E-state index >= 15 is 0 Å². The van der Waals surface area contributed by atoms with Crippen LogP contribution in [0.15, 0.2) is 37.0 Å². The van der Waals surface area contributed by atoms with Gasteiger partial charge in [0.1, 0.15) is 0 Å². The minimum Gasteiger partial charge on any atom is -0.355 e. The Labute approximate surface area is 107 Å². The van der Waals surface area contributed by atoms with Gasteiger partial charge in [0.25, 0.3) is 0 Å². The summed E-state index contributed by atoms with van der Waals surface area (Å²) >= 11 is 0. The quantitative estimate of drug-likeness (QED) is 0.822. The molecule has 0 aromatic heterocycles. The number of anilines is 2. The van der Waals surface area contributed by atoms with Crippen molar-refractivity contribution < 1.29 is 17.2 Å². The molecule has 0 unspecified atom stereocenters. The Morgan fingerprint density at radius 3 is 2.33 bits per heavy atom. The van der Waals surface area contributed by atoms with Crippen molar-refractivity contribution in [2.45, 2.75) is 0 Å². The standard InChI is InChI=1S/C10H12N2.CH4O4S/c1-3-12-8-11(2)9-6-4-5-7-10(9)12;1-5-6(2,3)4/h3-7H,1,8H2,2H3;1H3,(H,2,3,4). The summed E-state index contributed by atoms with van der Waals surface area (Å²) in [6, 6.07) is 8.34. The molecule has 1 aliphatic heterocycles. The number of hydrogen-bond donors (Lipinski definition) is 1. The second kappa shape index (κ2) is 5.85. The Balaban J connectivity index is 0.000000232. The van der Waals surface area contributed by atoms with Crippen LogP contribution in [0.25, 0.3) is 0 Å². The van der Waals surface area contributed by atoms with Crippen molar-refractivity contribution in [3.8, 4) is 0 Å². The second-order valence-electron chi connectivity index (χ2n) is 3.57. The van der Waals surface area contributed by atoms with Crippen molar-refractivity contribution in [3.63, 3.8) is 0 Å². The molecule has 1 aromatic carbocycles. The number of hydrogen-bond acceptors (Lipinski definition) is 5. The van der Waals surface area contributed by atoms with E-state index in [0.29, 0.717) is 0 Å². The molecule has 2 rings (SSSR count). The van der Waals surface area contributed by atoms with Gasteiger partial charge in [-0.3, -0.25) is 8.74 Å². The van der Waals surface area contributed by atoms with Gasteiger partial charge in [-0.05, 0) is 18.3 Å². The highest BCUT2D eigenvalue weighted by Gasteiger charge is 2.19. The van der Waals surface area contributed by atoms with E-state index in [2.05, 4.69) is 51.9 Å². The fraction of sp³-hybridized carbons (Fsp3) is 0.273. The molecule has 1 N–H and O–H groups in total. The fourth-order valence-electron chi connectivity index (χ4n) is 1.57. The van der Waals surface area contributed by atoms with Gasteiger partial charge < -0.3 is 9.80 Å². The highest BCUT2D eigenvalue weighted by atomic mass is 32.3. The summed E-state index contributed by atoms with van der Waals surface area (Å²) in [6.07, 6.45) is 1.86. The van der Waals surface area contributed by atoms with Crippen molar-refractivity contribution in [1.29, 1.82) is 0 Å². The predicted molar refractivity (Wildman–Crippen MR) is 70.9 cm³/mol. The molecular formula is C11H16N2O4S. The van der Waals surface area contributed by atoms with E-state index in [1.807, 2.05) is 6.20 Å². The normalized spacial score (nSPS) is 13.7. The Morgan fingerprint density at radius 1 is 1.39 bits per heavy atom. The predicted octanol–water partition coefficient (Wildman–Crippen LogP) is 1.48. The molecule has 0 bridgehead atoms. The molecule has 0 atom stereocenters. The minimum atomic E-state index is -4.16. The van der Waals surface area contributed by atoms with Crippen LogP contribution in [0.5, 0.6) is 0 Å². The molecule has 0 radical (unpaired) electrons. The summed E-state index contributed by atoms with van der Waals surface area (Å²) in [5, 5.41) is 0. The maximum absolute atomic E-state index is 9.33. The van der Waals surface area contributed by atoms with Crippen LogP contribution in [0.4, 0.5) is 11.4 Å². The highest BCUT2D eigenvalue weighted by Crippen LogP contribution is 2.34. The highest BCUT2D eigenvalue weighted by molar-refractivity contribution is 7.80. The summed E-state index contributed by atoms with van der Waals surface area (Å²) in [4.78, 5) is 4.34. The van der Waals surface area contributed by atoms with Crippen LogP contribution in [-0.4, -0.2) is 33.8 Å². The largest absolute Gasteiger partial charge is 0.397 e. The molecule has 100 valence electrons. The molecule has 0 spiro atoms. The topological polar surface area (TPSA) is 70.1 Å². The van der Waals surface area contributed by atoms with Gasteiger partial charge in [0.2, 0.25) is 0 Å². The van der Waals surface area contributed by atoms with Crippen molar-refractivity contribution in [1.82, 2.24) is 0 Å². The van der Waals surface area contributed by atoms with Gasteiger partial charge in [-0.15, -0.1) is 0 Å². The van der Waals surface area contributed by atoms with E-state index in [1.54, 1.807) is 0 Å². The number of benzene rings is 1. The summed E-state index contributed by atoms with van der Waals surface area (Å²) < 4.78 is 29.7. The average molecular weight is 272 g/mol. The molecule has 6 nitrogen and oxygen atoms in total. The summed E-state index contributed by atoms with van der Waals surface area (Å²) in [7, 11) is -1.21. The lowest BCUT2D eigenvalue weighted by Gasteiger charge is -2.12. The van der Waals surface area contributed by atoms with Crippen LogP contribution in [-0.2, 0) is 14.6 Å². The van der Waals surface area contributed by atoms with E-state index in [-0.39, 0.29) is 0 Å². The molecule has 0 aliphatic carbocycles. The van der Waals surface area contributed by atoms with Gasteiger partial charge in [-0.2, -0.15) is 8.42 Å². The monoisotopic (exact) mass is 272 g/mol. The first-order valence-electron chi connectivity index (χ1n) is 5.11.